The first-order valence-electron chi connectivity index (χ1n) is 19.5. The summed E-state index contributed by atoms with van der Waals surface area (Å²) in [5.41, 5.74) is 6.71. The molecule has 284 valence electrons. The number of likely N-dealkylation sites (N-methyl/N-ethyl adjacent to an activating group) is 1. The summed E-state index contributed by atoms with van der Waals surface area (Å²) >= 11 is 0. The first kappa shape index (κ1) is 36.3. The van der Waals surface area contributed by atoms with Crippen LogP contribution in [0, 0.1) is 17.3 Å². The highest BCUT2D eigenvalue weighted by molar-refractivity contribution is 5.95. The van der Waals surface area contributed by atoms with Gasteiger partial charge in [-0.05, 0) is 100 Å². The number of ether oxygens (including phenoxy) is 2. The Morgan fingerprint density at radius 1 is 1.19 bits per heavy atom. The van der Waals surface area contributed by atoms with Crippen LogP contribution in [0.5, 0.6) is 5.75 Å². The Bertz CT molecular complexity index is 1990. The number of fused-ring (bicyclic) bond motifs is 2. The van der Waals surface area contributed by atoms with Gasteiger partial charge in [0, 0.05) is 64.4 Å². The summed E-state index contributed by atoms with van der Waals surface area (Å²) in [6.45, 7) is 8.06. The Morgan fingerprint density at radius 3 is 2.64 bits per heavy atom. The number of aromatic amines is 1. The summed E-state index contributed by atoms with van der Waals surface area (Å²) in [5, 5.41) is 24.9. The molecular formula is C43H56N4O6. The molecule has 8 rings (SSSR count). The van der Waals surface area contributed by atoms with Crippen molar-refractivity contribution in [3.63, 3.8) is 0 Å². The van der Waals surface area contributed by atoms with Crippen LogP contribution in [-0.4, -0.2) is 96.5 Å². The van der Waals surface area contributed by atoms with Crippen molar-refractivity contribution in [1.29, 1.82) is 0 Å². The van der Waals surface area contributed by atoms with Gasteiger partial charge in [0.2, 0.25) is 0 Å². The number of nitrogens with one attached hydrogen (secondary N) is 1. The van der Waals surface area contributed by atoms with Gasteiger partial charge in [-0.2, -0.15) is 0 Å². The number of hydrogen-bond acceptors (Lipinski definition) is 9. The minimum absolute atomic E-state index is 0.0285. The number of benzene rings is 2. The highest BCUT2D eigenvalue weighted by Crippen LogP contribution is 2.68. The Labute approximate surface area is 312 Å². The van der Waals surface area contributed by atoms with Crippen LogP contribution in [0.3, 0.4) is 0 Å². The van der Waals surface area contributed by atoms with Crippen molar-refractivity contribution in [2.24, 2.45) is 23.0 Å². The van der Waals surface area contributed by atoms with E-state index in [1.165, 1.54) is 7.11 Å². The number of hydrogen-bond donors (Lipinski definition) is 4. The molecule has 3 aromatic rings. The fourth-order valence-corrected chi connectivity index (χ4v) is 12.2. The molecule has 2 aromatic carbocycles. The number of aliphatic hydroxyl groups is 2. The zero-order valence-corrected chi connectivity index (χ0v) is 32.1. The fourth-order valence-electron chi connectivity index (χ4n) is 12.2. The molecular weight excluding hydrogens is 668 g/mol. The number of aldehydes is 1. The monoisotopic (exact) mass is 724 g/mol. The van der Waals surface area contributed by atoms with E-state index in [-0.39, 0.29) is 17.9 Å². The third-order valence-electron chi connectivity index (χ3n) is 14.5. The van der Waals surface area contributed by atoms with Crippen LogP contribution in [-0.2, 0) is 31.6 Å². The minimum atomic E-state index is -1.61. The normalized spacial score (nSPS) is 33.5. The summed E-state index contributed by atoms with van der Waals surface area (Å²) in [6.07, 6.45) is 9.53. The molecule has 1 unspecified atom stereocenters. The number of carbonyl (C=O) groups excluding carboxylic acids is 2. The Morgan fingerprint density at radius 2 is 1.96 bits per heavy atom. The molecule has 10 heteroatoms. The SMILES string of the molecule is CC[C@](C)(O)C[C@@H]1C[C@@H]1[C@](C(=O)OC)(c1cc2c(cc1OC)N(C)[C@H]1[C@@](O)(C=O)C[C@]3(CC)C=CCN4CC[C@]21C43)c1[nH]c2ccccc2c1CCN. The van der Waals surface area contributed by atoms with Crippen LogP contribution in [0.2, 0.25) is 0 Å². The lowest BCUT2D eigenvalue weighted by Gasteiger charge is -2.60. The summed E-state index contributed by atoms with van der Waals surface area (Å²) in [6, 6.07) is 11.8. The van der Waals surface area contributed by atoms with E-state index in [2.05, 4.69) is 46.0 Å². The number of nitrogens with zero attached hydrogens (tertiary/aromatic N) is 2. The maximum Gasteiger partial charge on any atom is 0.322 e. The average molecular weight is 725 g/mol. The number of para-hydroxylation sites is 1. The Kier molecular flexibility index (Phi) is 8.50. The second-order valence-corrected chi connectivity index (χ2v) is 17.1. The number of methoxy groups -OCH3 is 2. The highest BCUT2D eigenvalue weighted by Gasteiger charge is 2.74. The maximum atomic E-state index is 15.2. The predicted octanol–water partition coefficient (Wildman–Crippen LogP) is 4.75. The Hall–Kier alpha value is -3.70. The molecule has 5 N–H and O–H groups in total. The van der Waals surface area contributed by atoms with E-state index >= 15 is 4.79 Å². The van der Waals surface area contributed by atoms with Crippen molar-refractivity contribution in [2.75, 3.05) is 45.8 Å². The van der Waals surface area contributed by atoms with Gasteiger partial charge in [-0.1, -0.05) is 44.2 Å². The predicted molar refractivity (Wildman–Crippen MR) is 205 cm³/mol. The van der Waals surface area contributed by atoms with Gasteiger partial charge in [0.15, 0.2) is 6.29 Å². The molecule has 3 fully saturated rings. The quantitative estimate of drug-likeness (QED) is 0.118. The average Bonchev–Trinajstić information content (AvgIpc) is 3.52. The molecule has 53 heavy (non-hydrogen) atoms. The van der Waals surface area contributed by atoms with Crippen molar-refractivity contribution in [3.8, 4) is 5.75 Å². The molecule has 1 aromatic heterocycles. The molecule has 5 aliphatic rings. The lowest BCUT2D eigenvalue weighted by molar-refractivity contribution is -0.147. The molecule has 0 bridgehead atoms. The van der Waals surface area contributed by atoms with Gasteiger partial charge < -0.3 is 40.1 Å². The standard InChI is InChI=1S/C43H56N4O6/c1-7-39(3,50)23-26-20-29(26)43(38(49)53-6,35-28(14-17-44)27-12-9-10-13-32(27)45-35)31-21-30-33(22-34(31)52-5)46(4)37-41(51,25-48)24-40(8-2)15-11-18-47-19-16-42(30,37)36(40)47/h9-13,15,21-22,25-26,29,36-37,45,50-51H,7-8,14,16-20,23-24,44H2,1-6H3/t26-,29-,36?,37-,39-,40-,41-,42+,43-/m0/s1. The number of carbonyl (C=O) groups is 2. The number of anilines is 1. The van der Waals surface area contributed by atoms with Crippen LogP contribution in [0.15, 0.2) is 48.6 Å². The first-order valence-corrected chi connectivity index (χ1v) is 19.5. The van der Waals surface area contributed by atoms with Gasteiger partial charge in [0.05, 0.1) is 25.9 Å². The van der Waals surface area contributed by atoms with Gasteiger partial charge in [-0.3, -0.25) is 9.69 Å². The molecule has 9 atom stereocenters. The van der Waals surface area contributed by atoms with Crippen LogP contribution < -0.4 is 15.4 Å². The fraction of sp³-hybridized carbons (Fsp3) is 0.581. The molecule has 3 aliphatic heterocycles. The highest BCUT2D eigenvalue weighted by atomic mass is 16.5. The third kappa shape index (κ3) is 4.77. The molecule has 2 aliphatic carbocycles. The molecule has 1 spiro atoms. The molecule has 10 nitrogen and oxygen atoms in total. The molecule has 2 saturated carbocycles. The summed E-state index contributed by atoms with van der Waals surface area (Å²) < 4.78 is 12.2. The zero-order chi connectivity index (χ0) is 37.7. The summed E-state index contributed by atoms with van der Waals surface area (Å²) in [4.78, 5) is 36.8. The van der Waals surface area contributed by atoms with Gasteiger partial charge in [-0.25, -0.2) is 0 Å². The van der Waals surface area contributed by atoms with Gasteiger partial charge >= 0.3 is 5.97 Å². The van der Waals surface area contributed by atoms with Crippen molar-refractivity contribution >= 4 is 28.8 Å². The minimum Gasteiger partial charge on any atom is -0.496 e. The number of rotatable bonds is 12. The van der Waals surface area contributed by atoms with E-state index in [1.54, 1.807) is 7.11 Å². The number of esters is 1. The van der Waals surface area contributed by atoms with E-state index in [0.717, 1.165) is 65.6 Å². The summed E-state index contributed by atoms with van der Waals surface area (Å²) in [7, 11) is 5.08. The molecule has 0 radical (unpaired) electrons. The zero-order valence-electron chi connectivity index (χ0n) is 32.1. The van der Waals surface area contributed by atoms with Crippen LogP contribution >= 0.6 is 0 Å². The smallest absolute Gasteiger partial charge is 0.322 e. The topological polar surface area (TPSA) is 141 Å². The van der Waals surface area contributed by atoms with Crippen molar-refractivity contribution in [3.05, 3.63) is 70.9 Å². The maximum absolute atomic E-state index is 15.2. The van der Waals surface area contributed by atoms with Gasteiger partial charge in [0.25, 0.3) is 0 Å². The molecule has 0 amide bonds. The van der Waals surface area contributed by atoms with E-state index < -0.39 is 39.5 Å². The van der Waals surface area contributed by atoms with Crippen LogP contribution in [0.1, 0.15) is 81.7 Å². The van der Waals surface area contributed by atoms with Gasteiger partial charge in [0.1, 0.15) is 16.8 Å². The van der Waals surface area contributed by atoms with Crippen molar-refractivity contribution < 1.29 is 29.3 Å². The van der Waals surface area contributed by atoms with Crippen molar-refractivity contribution in [1.82, 2.24) is 9.88 Å². The number of H-pyrrole nitrogens is 1. The van der Waals surface area contributed by atoms with Crippen LogP contribution in [0.4, 0.5) is 5.69 Å². The number of nitrogens with two attached hydrogens (primary N) is 1. The lowest BCUT2D eigenvalue weighted by atomic mass is 9.49. The molecule has 4 heterocycles. The second kappa shape index (κ2) is 12.4. The van der Waals surface area contributed by atoms with Crippen molar-refractivity contribution in [2.45, 2.75) is 99.8 Å². The van der Waals surface area contributed by atoms with E-state index in [9.17, 15) is 15.0 Å². The Balaban J connectivity index is 1.45. The van der Waals surface area contributed by atoms with Crippen LogP contribution in [0.25, 0.3) is 10.9 Å². The van der Waals surface area contributed by atoms with Gasteiger partial charge in [-0.15, -0.1) is 0 Å². The lowest BCUT2D eigenvalue weighted by Crippen LogP contribution is -2.73. The third-order valence-corrected chi connectivity index (χ3v) is 14.5. The second-order valence-electron chi connectivity index (χ2n) is 17.1. The van der Waals surface area contributed by atoms with E-state index in [1.807, 2.05) is 45.2 Å². The summed E-state index contributed by atoms with van der Waals surface area (Å²) in [5.74, 6) is -0.0475. The largest absolute Gasteiger partial charge is 0.496 e. The first-order chi connectivity index (χ1) is 25.4. The molecule has 1 saturated heterocycles. The van der Waals surface area contributed by atoms with E-state index in [4.69, 9.17) is 15.2 Å². The number of aromatic nitrogens is 1. The van der Waals surface area contributed by atoms with E-state index in [0.29, 0.717) is 50.0 Å².